The van der Waals surface area contributed by atoms with Crippen molar-refractivity contribution in [3.8, 4) is 0 Å². The number of carbonyl (C=O) groups is 2. The van der Waals surface area contributed by atoms with Crippen LogP contribution in [-0.4, -0.2) is 34.5 Å². The number of carboxylic acids is 1. The van der Waals surface area contributed by atoms with E-state index in [2.05, 4.69) is 0 Å². The number of aliphatic carboxylic acids is 1. The third-order valence-electron chi connectivity index (χ3n) is 4.62. The van der Waals surface area contributed by atoms with E-state index in [1.807, 2.05) is 13.8 Å². The first kappa shape index (κ1) is 14.4. The van der Waals surface area contributed by atoms with Crippen LogP contribution in [0.5, 0.6) is 0 Å². The molecule has 2 unspecified atom stereocenters. The molecule has 0 aromatic heterocycles. The summed E-state index contributed by atoms with van der Waals surface area (Å²) in [4.78, 5) is 24.8. The molecule has 0 heterocycles. The van der Waals surface area contributed by atoms with Gasteiger partial charge in [0.2, 0.25) is 5.91 Å². The van der Waals surface area contributed by atoms with E-state index in [-0.39, 0.29) is 24.4 Å². The first-order valence-corrected chi connectivity index (χ1v) is 7.53. The fraction of sp³-hybridized carbons (Fsp3) is 0.867. The zero-order valence-corrected chi connectivity index (χ0v) is 12.0. The van der Waals surface area contributed by atoms with Gasteiger partial charge in [0.25, 0.3) is 0 Å². The molecule has 2 atom stereocenters. The molecule has 0 aromatic carbocycles. The Labute approximate surface area is 115 Å². The molecule has 4 nitrogen and oxygen atoms in total. The summed E-state index contributed by atoms with van der Waals surface area (Å²) in [5, 5.41) is 8.90. The van der Waals surface area contributed by atoms with Gasteiger partial charge in [-0.25, -0.2) is 0 Å². The molecule has 108 valence electrons. The second kappa shape index (κ2) is 5.93. The normalized spacial score (nSPS) is 27.3. The lowest BCUT2D eigenvalue weighted by atomic mass is 9.85. The van der Waals surface area contributed by atoms with E-state index in [0.29, 0.717) is 11.8 Å². The fourth-order valence-electron chi connectivity index (χ4n) is 3.46. The van der Waals surface area contributed by atoms with Crippen molar-refractivity contribution in [3.05, 3.63) is 0 Å². The Bertz CT molecular complexity index is 347. The molecule has 2 aliphatic carbocycles. The molecule has 0 aliphatic heterocycles. The molecule has 2 aliphatic rings. The first-order valence-electron chi connectivity index (χ1n) is 7.53. The first-order chi connectivity index (χ1) is 9.00. The van der Waals surface area contributed by atoms with Crippen molar-refractivity contribution in [1.82, 2.24) is 4.90 Å². The Morgan fingerprint density at radius 2 is 1.84 bits per heavy atom. The number of amides is 1. The minimum Gasteiger partial charge on any atom is -0.480 e. The molecule has 2 rings (SSSR count). The van der Waals surface area contributed by atoms with Crippen LogP contribution in [0.15, 0.2) is 0 Å². The summed E-state index contributed by atoms with van der Waals surface area (Å²) >= 11 is 0. The molecule has 0 spiro atoms. The zero-order valence-electron chi connectivity index (χ0n) is 12.0. The summed E-state index contributed by atoms with van der Waals surface area (Å²) in [6.07, 6.45) is 7.42. The molecule has 2 saturated carbocycles. The van der Waals surface area contributed by atoms with E-state index < -0.39 is 5.97 Å². The van der Waals surface area contributed by atoms with Crippen LogP contribution in [0.25, 0.3) is 0 Å². The number of rotatable bonds is 5. The van der Waals surface area contributed by atoms with E-state index in [9.17, 15) is 9.59 Å². The SMILES string of the molecule is CC(C)N(CC(=O)O)C(=O)C1CC1C1CCCCC1. The number of carboxylic acid groups (broad SMARTS) is 1. The molecule has 0 saturated heterocycles. The van der Waals surface area contributed by atoms with Gasteiger partial charge in [0.15, 0.2) is 0 Å². The highest BCUT2D eigenvalue weighted by Crippen LogP contribution is 2.50. The van der Waals surface area contributed by atoms with Gasteiger partial charge in [0.1, 0.15) is 6.54 Å². The monoisotopic (exact) mass is 267 g/mol. The number of hydrogen-bond donors (Lipinski definition) is 1. The molecule has 2 fully saturated rings. The fourth-order valence-corrected chi connectivity index (χ4v) is 3.46. The van der Waals surface area contributed by atoms with Crippen LogP contribution >= 0.6 is 0 Å². The highest BCUT2D eigenvalue weighted by molar-refractivity contribution is 5.85. The van der Waals surface area contributed by atoms with E-state index >= 15 is 0 Å². The maximum Gasteiger partial charge on any atom is 0.323 e. The Hall–Kier alpha value is -1.06. The highest BCUT2D eigenvalue weighted by atomic mass is 16.4. The summed E-state index contributed by atoms with van der Waals surface area (Å²) in [6, 6.07) is -0.0313. The van der Waals surface area contributed by atoms with Gasteiger partial charge in [-0.05, 0) is 32.1 Å². The van der Waals surface area contributed by atoms with E-state index in [4.69, 9.17) is 5.11 Å². The molecule has 19 heavy (non-hydrogen) atoms. The van der Waals surface area contributed by atoms with Crippen molar-refractivity contribution in [3.63, 3.8) is 0 Å². The lowest BCUT2D eigenvalue weighted by Gasteiger charge is -2.26. The van der Waals surface area contributed by atoms with Gasteiger partial charge in [0.05, 0.1) is 0 Å². The Morgan fingerprint density at radius 1 is 1.21 bits per heavy atom. The van der Waals surface area contributed by atoms with Crippen LogP contribution in [-0.2, 0) is 9.59 Å². The zero-order chi connectivity index (χ0) is 14.0. The maximum atomic E-state index is 12.4. The second-order valence-electron chi connectivity index (χ2n) is 6.36. The van der Waals surface area contributed by atoms with Crippen LogP contribution in [0.4, 0.5) is 0 Å². The van der Waals surface area contributed by atoms with Crippen molar-refractivity contribution in [2.75, 3.05) is 6.54 Å². The minimum atomic E-state index is -0.920. The molecular formula is C15H25NO3. The van der Waals surface area contributed by atoms with Gasteiger partial charge in [-0.3, -0.25) is 9.59 Å². The van der Waals surface area contributed by atoms with Crippen LogP contribution < -0.4 is 0 Å². The standard InChI is InChI=1S/C15H25NO3/c1-10(2)16(9-14(17)18)15(19)13-8-12(13)11-6-4-3-5-7-11/h10-13H,3-9H2,1-2H3,(H,17,18). The van der Waals surface area contributed by atoms with Crippen LogP contribution in [0, 0.1) is 17.8 Å². The van der Waals surface area contributed by atoms with Gasteiger partial charge in [-0.15, -0.1) is 0 Å². The Kier molecular flexibility index (Phi) is 4.48. The van der Waals surface area contributed by atoms with Crippen molar-refractivity contribution >= 4 is 11.9 Å². The minimum absolute atomic E-state index is 0.0313. The average Bonchev–Trinajstić information content (AvgIpc) is 3.16. The third kappa shape index (κ3) is 3.48. The summed E-state index contributed by atoms with van der Waals surface area (Å²) in [5.74, 6) is 0.485. The van der Waals surface area contributed by atoms with Crippen molar-refractivity contribution < 1.29 is 14.7 Å². The quantitative estimate of drug-likeness (QED) is 0.832. The van der Waals surface area contributed by atoms with Crippen LogP contribution in [0.3, 0.4) is 0 Å². The van der Waals surface area contributed by atoms with Crippen LogP contribution in [0.1, 0.15) is 52.4 Å². The van der Waals surface area contributed by atoms with Crippen molar-refractivity contribution in [1.29, 1.82) is 0 Å². The smallest absolute Gasteiger partial charge is 0.323 e. The predicted octanol–water partition coefficient (Wildman–Crippen LogP) is 2.52. The predicted molar refractivity (Wildman–Crippen MR) is 72.7 cm³/mol. The van der Waals surface area contributed by atoms with Crippen molar-refractivity contribution in [2.45, 2.75) is 58.4 Å². The number of nitrogens with zero attached hydrogens (tertiary/aromatic N) is 1. The van der Waals surface area contributed by atoms with Gasteiger partial charge < -0.3 is 10.0 Å². The molecule has 0 aromatic rings. The van der Waals surface area contributed by atoms with Gasteiger partial charge in [-0.1, -0.05) is 32.1 Å². The Morgan fingerprint density at radius 3 is 2.37 bits per heavy atom. The number of carbonyl (C=O) groups excluding carboxylic acids is 1. The number of hydrogen-bond acceptors (Lipinski definition) is 2. The maximum absolute atomic E-state index is 12.4. The topological polar surface area (TPSA) is 57.6 Å². The lowest BCUT2D eigenvalue weighted by Crippen LogP contribution is -2.42. The molecule has 4 heteroatoms. The highest BCUT2D eigenvalue weighted by Gasteiger charge is 2.49. The van der Waals surface area contributed by atoms with Gasteiger partial charge in [-0.2, -0.15) is 0 Å². The third-order valence-corrected chi connectivity index (χ3v) is 4.62. The van der Waals surface area contributed by atoms with E-state index in [1.165, 1.54) is 37.0 Å². The molecular weight excluding hydrogens is 242 g/mol. The summed E-state index contributed by atoms with van der Waals surface area (Å²) in [5.41, 5.74) is 0. The largest absolute Gasteiger partial charge is 0.480 e. The second-order valence-corrected chi connectivity index (χ2v) is 6.36. The lowest BCUT2D eigenvalue weighted by molar-refractivity contribution is -0.146. The Balaban J connectivity index is 1.90. The molecule has 1 amide bonds. The van der Waals surface area contributed by atoms with Gasteiger partial charge >= 0.3 is 5.97 Å². The van der Waals surface area contributed by atoms with E-state index in [1.54, 1.807) is 0 Å². The van der Waals surface area contributed by atoms with E-state index in [0.717, 1.165) is 6.42 Å². The van der Waals surface area contributed by atoms with Crippen molar-refractivity contribution in [2.24, 2.45) is 17.8 Å². The summed E-state index contributed by atoms with van der Waals surface area (Å²) < 4.78 is 0. The van der Waals surface area contributed by atoms with Gasteiger partial charge in [0, 0.05) is 12.0 Å². The summed E-state index contributed by atoms with van der Waals surface area (Å²) in [7, 11) is 0. The molecule has 1 N–H and O–H groups in total. The average molecular weight is 267 g/mol. The summed E-state index contributed by atoms with van der Waals surface area (Å²) in [6.45, 7) is 3.61. The van der Waals surface area contributed by atoms with Crippen LogP contribution in [0.2, 0.25) is 0 Å². The molecule has 0 radical (unpaired) electrons. The molecule has 0 bridgehead atoms.